The number of carbonyl (C=O) groups excluding carboxylic acids is 1. The van der Waals surface area contributed by atoms with Gasteiger partial charge in [0.2, 0.25) is 0 Å². The van der Waals surface area contributed by atoms with Crippen LogP contribution in [0.25, 0.3) is 0 Å². The fourth-order valence-corrected chi connectivity index (χ4v) is 1.89. The second-order valence-electron chi connectivity index (χ2n) is 3.59. The number of fused-ring (bicyclic) bond motifs is 1. The Morgan fingerprint density at radius 2 is 2.54 bits per heavy atom. The molecule has 4 heteroatoms. The van der Waals surface area contributed by atoms with E-state index in [1.807, 2.05) is 0 Å². The Hall–Kier alpha value is -1.32. The standard InChI is InChI=1S/C9H13N3O/c1-12(9(10)13)11-8-5-6-3-2-4-7(6)8/h2-3,6-7H,4-5H2,1H3,(H2,10,13)/b11-8-. The van der Waals surface area contributed by atoms with E-state index < -0.39 is 6.03 Å². The van der Waals surface area contributed by atoms with Crippen molar-refractivity contribution >= 4 is 11.7 Å². The molecule has 1 saturated carbocycles. The number of allylic oxidation sites excluding steroid dienone is 2. The summed E-state index contributed by atoms with van der Waals surface area (Å²) < 4.78 is 0. The molecule has 2 unspecified atom stereocenters. The Labute approximate surface area is 77.1 Å². The lowest BCUT2D eigenvalue weighted by Gasteiger charge is -2.32. The summed E-state index contributed by atoms with van der Waals surface area (Å²) in [6.07, 6.45) is 6.46. The molecule has 2 rings (SSSR count). The summed E-state index contributed by atoms with van der Waals surface area (Å²) in [6.45, 7) is 0. The SMILES string of the molecule is CN(/N=C1/CC2C=CCC12)C(N)=O. The Balaban J connectivity index is 2.00. The van der Waals surface area contributed by atoms with Gasteiger partial charge in [0.25, 0.3) is 0 Å². The van der Waals surface area contributed by atoms with Crippen LogP contribution in [-0.4, -0.2) is 23.8 Å². The lowest BCUT2D eigenvalue weighted by atomic mass is 9.74. The smallest absolute Gasteiger partial charge is 0.334 e. The van der Waals surface area contributed by atoms with Crippen LogP contribution in [0.5, 0.6) is 0 Å². The summed E-state index contributed by atoms with van der Waals surface area (Å²) >= 11 is 0. The fraction of sp³-hybridized carbons (Fsp3) is 0.556. The first-order valence-electron chi connectivity index (χ1n) is 4.45. The summed E-state index contributed by atoms with van der Waals surface area (Å²) in [4.78, 5) is 10.7. The number of nitrogens with zero attached hydrogens (tertiary/aromatic N) is 2. The van der Waals surface area contributed by atoms with Crippen LogP contribution in [0.3, 0.4) is 0 Å². The fourth-order valence-electron chi connectivity index (χ4n) is 1.89. The minimum atomic E-state index is -0.498. The van der Waals surface area contributed by atoms with Crippen LogP contribution >= 0.6 is 0 Å². The van der Waals surface area contributed by atoms with Gasteiger partial charge in [-0.05, 0) is 18.8 Å². The van der Waals surface area contributed by atoms with E-state index in [-0.39, 0.29) is 0 Å². The number of rotatable bonds is 1. The average Bonchev–Trinajstić information content (AvgIpc) is 2.42. The van der Waals surface area contributed by atoms with E-state index in [2.05, 4.69) is 17.3 Å². The highest BCUT2D eigenvalue weighted by Crippen LogP contribution is 2.40. The van der Waals surface area contributed by atoms with E-state index in [1.165, 1.54) is 5.01 Å². The van der Waals surface area contributed by atoms with Crippen LogP contribution in [0.2, 0.25) is 0 Å². The maximum Gasteiger partial charge on any atom is 0.334 e. The molecule has 0 bridgehead atoms. The van der Waals surface area contributed by atoms with Crippen LogP contribution in [0.1, 0.15) is 12.8 Å². The Morgan fingerprint density at radius 1 is 1.77 bits per heavy atom. The van der Waals surface area contributed by atoms with Gasteiger partial charge in [0, 0.05) is 18.7 Å². The number of nitrogens with two attached hydrogens (primary N) is 1. The van der Waals surface area contributed by atoms with Crippen LogP contribution in [0, 0.1) is 11.8 Å². The molecule has 0 spiro atoms. The number of hydrazone groups is 1. The Morgan fingerprint density at radius 3 is 3.15 bits per heavy atom. The quantitative estimate of drug-likeness (QED) is 0.473. The molecule has 0 aromatic rings. The Kier molecular flexibility index (Phi) is 1.83. The van der Waals surface area contributed by atoms with E-state index in [9.17, 15) is 4.79 Å². The van der Waals surface area contributed by atoms with Crippen molar-refractivity contribution < 1.29 is 4.79 Å². The molecule has 0 saturated heterocycles. The van der Waals surface area contributed by atoms with Crippen molar-refractivity contribution in [2.45, 2.75) is 12.8 Å². The van der Waals surface area contributed by atoms with Crippen molar-refractivity contribution in [3.63, 3.8) is 0 Å². The van der Waals surface area contributed by atoms with Crippen molar-refractivity contribution in [2.24, 2.45) is 22.7 Å². The van der Waals surface area contributed by atoms with Gasteiger partial charge in [-0.2, -0.15) is 5.10 Å². The molecule has 0 aromatic heterocycles. The summed E-state index contributed by atoms with van der Waals surface area (Å²) in [5.74, 6) is 1.21. The highest BCUT2D eigenvalue weighted by Gasteiger charge is 2.38. The second-order valence-corrected chi connectivity index (χ2v) is 3.59. The molecule has 1 fully saturated rings. The predicted octanol–water partition coefficient (Wildman–Crippen LogP) is 0.949. The summed E-state index contributed by atoms with van der Waals surface area (Å²) in [5, 5.41) is 5.37. The maximum absolute atomic E-state index is 10.7. The van der Waals surface area contributed by atoms with Gasteiger partial charge in [0.05, 0.1) is 0 Å². The third-order valence-corrected chi connectivity index (χ3v) is 2.76. The van der Waals surface area contributed by atoms with E-state index in [1.54, 1.807) is 7.05 Å². The van der Waals surface area contributed by atoms with Gasteiger partial charge in [0.15, 0.2) is 0 Å². The van der Waals surface area contributed by atoms with E-state index >= 15 is 0 Å². The number of hydrogen-bond acceptors (Lipinski definition) is 2. The number of carbonyl (C=O) groups is 1. The van der Waals surface area contributed by atoms with Gasteiger partial charge >= 0.3 is 6.03 Å². The van der Waals surface area contributed by atoms with Crippen LogP contribution < -0.4 is 5.73 Å². The molecule has 13 heavy (non-hydrogen) atoms. The minimum Gasteiger partial charge on any atom is -0.350 e. The summed E-state index contributed by atoms with van der Waals surface area (Å²) in [6, 6.07) is -0.498. The van der Waals surface area contributed by atoms with Crippen molar-refractivity contribution in [3.05, 3.63) is 12.2 Å². The number of hydrogen-bond donors (Lipinski definition) is 1. The number of amides is 2. The van der Waals surface area contributed by atoms with Gasteiger partial charge in [-0.3, -0.25) is 0 Å². The van der Waals surface area contributed by atoms with E-state index in [0.29, 0.717) is 11.8 Å². The normalized spacial score (nSPS) is 32.8. The molecule has 0 aromatic carbocycles. The van der Waals surface area contributed by atoms with Crippen LogP contribution in [-0.2, 0) is 0 Å². The minimum absolute atomic E-state index is 0.498. The van der Waals surface area contributed by atoms with E-state index in [4.69, 9.17) is 5.73 Å². The Bertz CT molecular complexity index is 295. The third kappa shape index (κ3) is 1.32. The highest BCUT2D eigenvalue weighted by atomic mass is 16.2. The average molecular weight is 179 g/mol. The second kappa shape index (κ2) is 2.87. The number of primary amides is 1. The molecule has 0 aliphatic heterocycles. The van der Waals surface area contributed by atoms with Gasteiger partial charge in [-0.25, -0.2) is 9.80 Å². The molecule has 0 radical (unpaired) electrons. The molecular weight excluding hydrogens is 166 g/mol. The lowest BCUT2D eigenvalue weighted by molar-refractivity contribution is 0.219. The van der Waals surface area contributed by atoms with Crippen molar-refractivity contribution in [1.82, 2.24) is 5.01 Å². The summed E-state index contributed by atoms with van der Waals surface area (Å²) in [5.41, 5.74) is 6.17. The van der Waals surface area contributed by atoms with Gasteiger partial charge in [0.1, 0.15) is 0 Å². The molecule has 2 N–H and O–H groups in total. The lowest BCUT2D eigenvalue weighted by Crippen LogP contribution is -2.37. The van der Waals surface area contributed by atoms with Crippen molar-refractivity contribution in [2.75, 3.05) is 7.05 Å². The highest BCUT2D eigenvalue weighted by molar-refractivity contribution is 5.94. The zero-order chi connectivity index (χ0) is 9.42. The molecule has 4 nitrogen and oxygen atoms in total. The summed E-state index contributed by atoms with van der Waals surface area (Å²) in [7, 11) is 1.59. The predicted molar refractivity (Wildman–Crippen MR) is 50.1 cm³/mol. The molecule has 2 atom stereocenters. The molecule has 0 heterocycles. The van der Waals surface area contributed by atoms with Crippen molar-refractivity contribution in [3.8, 4) is 0 Å². The monoisotopic (exact) mass is 179 g/mol. The van der Waals surface area contributed by atoms with Crippen LogP contribution in [0.4, 0.5) is 4.79 Å². The van der Waals surface area contributed by atoms with Gasteiger partial charge < -0.3 is 5.73 Å². The first kappa shape index (κ1) is 8.29. The largest absolute Gasteiger partial charge is 0.350 e. The first-order chi connectivity index (χ1) is 6.18. The van der Waals surface area contributed by atoms with Crippen LogP contribution in [0.15, 0.2) is 17.3 Å². The first-order valence-corrected chi connectivity index (χ1v) is 4.45. The number of urea groups is 1. The molecule has 70 valence electrons. The zero-order valence-electron chi connectivity index (χ0n) is 7.60. The topological polar surface area (TPSA) is 58.7 Å². The third-order valence-electron chi connectivity index (χ3n) is 2.76. The van der Waals surface area contributed by atoms with Crippen molar-refractivity contribution in [1.29, 1.82) is 0 Å². The molecule has 2 aliphatic rings. The van der Waals surface area contributed by atoms with Gasteiger partial charge in [-0.15, -0.1) is 0 Å². The molecule has 2 amide bonds. The van der Waals surface area contributed by atoms with E-state index in [0.717, 1.165) is 18.6 Å². The molecular formula is C9H13N3O. The zero-order valence-corrected chi connectivity index (χ0v) is 7.60. The molecule has 2 aliphatic carbocycles. The van der Waals surface area contributed by atoms with Gasteiger partial charge in [-0.1, -0.05) is 12.2 Å². The maximum atomic E-state index is 10.7.